The summed E-state index contributed by atoms with van der Waals surface area (Å²) in [5.41, 5.74) is 7.89. The molecule has 5 heteroatoms. The van der Waals surface area contributed by atoms with E-state index in [-0.39, 0.29) is 10.8 Å². The lowest BCUT2D eigenvalue weighted by molar-refractivity contribution is 0.313. The molecule has 0 aliphatic heterocycles. The van der Waals surface area contributed by atoms with Crippen LogP contribution in [0, 0.1) is 5.82 Å². The molecule has 1 aromatic heterocycles. The van der Waals surface area contributed by atoms with Crippen molar-refractivity contribution >= 4 is 17.2 Å². The summed E-state index contributed by atoms with van der Waals surface area (Å²) in [5.74, 6) is -0.194. The van der Waals surface area contributed by atoms with Crippen LogP contribution in [0.4, 0.5) is 4.39 Å². The summed E-state index contributed by atoms with van der Waals surface area (Å²) in [6.45, 7) is 1.12. The Morgan fingerprint density at radius 2 is 1.85 bits per heavy atom. The van der Waals surface area contributed by atoms with Gasteiger partial charge in [0.2, 0.25) is 0 Å². The fourth-order valence-corrected chi connectivity index (χ4v) is 2.24. The van der Waals surface area contributed by atoms with Gasteiger partial charge in [-0.3, -0.25) is 9.88 Å². The molecule has 0 bridgehead atoms. The van der Waals surface area contributed by atoms with E-state index in [9.17, 15) is 4.39 Å². The predicted molar refractivity (Wildman–Crippen MR) is 81.7 cm³/mol. The second kappa shape index (κ2) is 6.54. The number of benzene rings is 1. The van der Waals surface area contributed by atoms with Crippen LogP contribution in [-0.2, 0) is 13.1 Å². The number of pyridine rings is 1. The first-order chi connectivity index (χ1) is 9.58. The zero-order valence-corrected chi connectivity index (χ0v) is 12.0. The lowest BCUT2D eigenvalue weighted by Gasteiger charge is -2.18. The van der Waals surface area contributed by atoms with Crippen molar-refractivity contribution in [1.29, 1.82) is 0 Å². The van der Waals surface area contributed by atoms with Crippen molar-refractivity contribution in [2.45, 2.75) is 13.1 Å². The zero-order chi connectivity index (χ0) is 14.5. The molecule has 0 unspecified atom stereocenters. The molecule has 0 spiro atoms. The van der Waals surface area contributed by atoms with Crippen molar-refractivity contribution in [2.24, 2.45) is 5.73 Å². The Morgan fingerprint density at radius 3 is 2.55 bits per heavy atom. The highest BCUT2D eigenvalue weighted by molar-refractivity contribution is 7.80. The van der Waals surface area contributed by atoms with E-state index in [1.165, 1.54) is 6.07 Å². The van der Waals surface area contributed by atoms with Gasteiger partial charge < -0.3 is 5.73 Å². The van der Waals surface area contributed by atoms with E-state index < -0.39 is 0 Å². The van der Waals surface area contributed by atoms with Crippen LogP contribution >= 0.6 is 12.2 Å². The highest BCUT2D eigenvalue weighted by atomic mass is 32.1. The molecule has 2 N–H and O–H groups in total. The molecule has 0 fully saturated rings. The van der Waals surface area contributed by atoms with E-state index in [0.29, 0.717) is 24.3 Å². The van der Waals surface area contributed by atoms with Crippen LogP contribution in [0.1, 0.15) is 16.8 Å². The normalized spacial score (nSPS) is 10.8. The van der Waals surface area contributed by atoms with Crippen LogP contribution in [0.25, 0.3) is 0 Å². The number of aromatic nitrogens is 1. The Balaban J connectivity index is 2.11. The number of nitrogens with two attached hydrogens (primary N) is 1. The van der Waals surface area contributed by atoms with Gasteiger partial charge in [-0.2, -0.15) is 0 Å². The Labute approximate surface area is 123 Å². The molecule has 0 aliphatic rings. The number of halogens is 1. The number of hydrogen-bond donors (Lipinski definition) is 1. The second-order valence-electron chi connectivity index (χ2n) is 4.64. The van der Waals surface area contributed by atoms with Gasteiger partial charge in [-0.15, -0.1) is 0 Å². The fraction of sp³-hybridized carbons (Fsp3) is 0.200. The molecule has 0 atom stereocenters. The molecule has 1 aromatic carbocycles. The molecule has 0 aliphatic carbocycles. The highest BCUT2D eigenvalue weighted by Crippen LogP contribution is 2.13. The summed E-state index contributed by atoms with van der Waals surface area (Å²) in [5, 5.41) is 0. The third-order valence-corrected chi connectivity index (χ3v) is 3.16. The van der Waals surface area contributed by atoms with Gasteiger partial charge in [0.15, 0.2) is 0 Å². The van der Waals surface area contributed by atoms with Crippen molar-refractivity contribution in [1.82, 2.24) is 9.88 Å². The van der Waals surface area contributed by atoms with E-state index in [1.807, 2.05) is 30.1 Å². The number of thiocarbonyl (C=S) groups is 1. The van der Waals surface area contributed by atoms with E-state index in [4.69, 9.17) is 18.0 Å². The minimum atomic E-state index is -0.194. The van der Waals surface area contributed by atoms with Crippen molar-refractivity contribution in [3.05, 3.63) is 65.2 Å². The average Bonchev–Trinajstić information content (AvgIpc) is 2.41. The summed E-state index contributed by atoms with van der Waals surface area (Å²) in [4.78, 5) is 6.46. The highest BCUT2D eigenvalue weighted by Gasteiger charge is 2.10. The molecule has 20 heavy (non-hydrogen) atoms. The van der Waals surface area contributed by atoms with Crippen LogP contribution in [0.2, 0.25) is 0 Å². The molecule has 0 saturated carbocycles. The summed E-state index contributed by atoms with van der Waals surface area (Å²) in [7, 11) is 1.92. The molecule has 0 saturated heterocycles. The maximum atomic E-state index is 13.6. The van der Waals surface area contributed by atoms with Crippen molar-refractivity contribution < 1.29 is 4.39 Å². The third kappa shape index (κ3) is 3.59. The summed E-state index contributed by atoms with van der Waals surface area (Å²) >= 11 is 4.99. The molecule has 3 nitrogen and oxygen atoms in total. The zero-order valence-electron chi connectivity index (χ0n) is 11.2. The SMILES string of the molecule is CN(Cc1ccccc1F)Cc1cccnc1C(N)=S. The maximum absolute atomic E-state index is 13.6. The summed E-state index contributed by atoms with van der Waals surface area (Å²) in [6, 6.07) is 10.5. The first-order valence-corrected chi connectivity index (χ1v) is 6.64. The monoisotopic (exact) mass is 289 g/mol. The third-order valence-electron chi connectivity index (χ3n) is 2.96. The smallest absolute Gasteiger partial charge is 0.127 e. The Hall–Kier alpha value is -1.85. The molecular formula is C15H16FN3S. The molecule has 1 heterocycles. The maximum Gasteiger partial charge on any atom is 0.127 e. The lowest BCUT2D eigenvalue weighted by atomic mass is 10.1. The molecule has 104 valence electrons. The van der Waals surface area contributed by atoms with Crippen molar-refractivity contribution in [3.8, 4) is 0 Å². The van der Waals surface area contributed by atoms with Gasteiger partial charge in [0.05, 0.1) is 0 Å². The Morgan fingerprint density at radius 1 is 1.20 bits per heavy atom. The standard InChI is InChI=1S/C15H16FN3S/c1-19(9-11-5-2-3-7-13(11)16)10-12-6-4-8-18-14(12)15(17)20/h2-8H,9-10H2,1H3,(H2,17,20). The van der Waals surface area contributed by atoms with E-state index in [2.05, 4.69) is 4.98 Å². The largest absolute Gasteiger partial charge is 0.388 e. The number of nitrogens with zero attached hydrogens (tertiary/aromatic N) is 2. The van der Waals surface area contributed by atoms with Crippen LogP contribution in [0.15, 0.2) is 42.6 Å². The first-order valence-electron chi connectivity index (χ1n) is 6.23. The minimum Gasteiger partial charge on any atom is -0.388 e. The van der Waals surface area contributed by atoms with Crippen LogP contribution in [0.5, 0.6) is 0 Å². The Kier molecular flexibility index (Phi) is 4.76. The van der Waals surface area contributed by atoms with Crippen LogP contribution in [0.3, 0.4) is 0 Å². The lowest BCUT2D eigenvalue weighted by Crippen LogP contribution is -2.22. The Bertz CT molecular complexity index is 616. The van der Waals surface area contributed by atoms with Crippen molar-refractivity contribution in [2.75, 3.05) is 7.05 Å². The minimum absolute atomic E-state index is 0.194. The quantitative estimate of drug-likeness (QED) is 0.859. The van der Waals surface area contributed by atoms with E-state index >= 15 is 0 Å². The average molecular weight is 289 g/mol. The summed E-state index contributed by atoms with van der Waals surface area (Å²) in [6.07, 6.45) is 1.66. The molecular weight excluding hydrogens is 273 g/mol. The first kappa shape index (κ1) is 14.6. The van der Waals surface area contributed by atoms with Crippen LogP contribution < -0.4 is 5.73 Å². The van der Waals surface area contributed by atoms with Crippen molar-refractivity contribution in [3.63, 3.8) is 0 Å². The van der Waals surface area contributed by atoms with Gasteiger partial charge in [0, 0.05) is 24.8 Å². The fourth-order valence-electron chi connectivity index (χ4n) is 2.05. The molecule has 0 radical (unpaired) electrons. The second-order valence-corrected chi connectivity index (χ2v) is 5.08. The summed E-state index contributed by atoms with van der Waals surface area (Å²) < 4.78 is 13.6. The van der Waals surface area contributed by atoms with Gasteiger partial charge in [-0.1, -0.05) is 36.5 Å². The predicted octanol–water partition coefficient (Wildman–Crippen LogP) is 2.49. The van der Waals surface area contributed by atoms with Gasteiger partial charge >= 0.3 is 0 Å². The van der Waals surface area contributed by atoms with Crippen LogP contribution in [-0.4, -0.2) is 21.9 Å². The molecule has 2 rings (SSSR count). The van der Waals surface area contributed by atoms with Gasteiger partial charge in [0.25, 0.3) is 0 Å². The number of hydrogen-bond acceptors (Lipinski definition) is 3. The molecule has 0 amide bonds. The van der Waals surface area contributed by atoms with Gasteiger partial charge in [0.1, 0.15) is 16.5 Å². The molecule has 2 aromatic rings. The van der Waals surface area contributed by atoms with Gasteiger partial charge in [-0.05, 0) is 24.7 Å². The topological polar surface area (TPSA) is 42.2 Å². The number of rotatable bonds is 5. The van der Waals surface area contributed by atoms with Gasteiger partial charge in [-0.25, -0.2) is 4.39 Å². The van der Waals surface area contributed by atoms with E-state index in [0.717, 1.165) is 5.56 Å². The van der Waals surface area contributed by atoms with E-state index in [1.54, 1.807) is 18.3 Å².